The second-order valence-electron chi connectivity index (χ2n) is 4.71. The molecule has 3 rings (SSSR count). The molecule has 2 N–H and O–H groups in total. The number of aromatic nitrogens is 1. The molecule has 2 aromatic rings. The zero-order valence-corrected chi connectivity index (χ0v) is 10.9. The van der Waals surface area contributed by atoms with Gasteiger partial charge in [0.05, 0.1) is 0 Å². The lowest BCUT2D eigenvalue weighted by Crippen LogP contribution is -2.26. The minimum absolute atomic E-state index is 0.00670. The summed E-state index contributed by atoms with van der Waals surface area (Å²) in [5.74, 6) is 0. The Balaban J connectivity index is 1.77. The van der Waals surface area contributed by atoms with E-state index in [1.807, 2.05) is 6.07 Å². The molecule has 3 nitrogen and oxygen atoms in total. The van der Waals surface area contributed by atoms with Crippen molar-refractivity contribution in [3.8, 4) is 0 Å². The Kier molecular flexibility index (Phi) is 3.30. The lowest BCUT2D eigenvalue weighted by molar-refractivity contribution is 0.454. The van der Waals surface area contributed by atoms with E-state index in [-0.39, 0.29) is 5.56 Å². The summed E-state index contributed by atoms with van der Waals surface area (Å²) in [5, 5.41) is 7.86. The molecule has 4 heteroatoms. The zero-order valence-electron chi connectivity index (χ0n) is 10.1. The van der Waals surface area contributed by atoms with Crippen LogP contribution in [0.1, 0.15) is 35.7 Å². The lowest BCUT2D eigenvalue weighted by atomic mass is 9.91. The van der Waals surface area contributed by atoms with Crippen molar-refractivity contribution in [2.75, 3.05) is 0 Å². The highest BCUT2D eigenvalue weighted by atomic mass is 32.1. The summed E-state index contributed by atoms with van der Waals surface area (Å²) in [4.78, 5) is 14.3. The fourth-order valence-corrected chi connectivity index (χ4v) is 3.22. The molecule has 0 saturated carbocycles. The first kappa shape index (κ1) is 11.7. The Morgan fingerprint density at radius 3 is 3.17 bits per heavy atom. The summed E-state index contributed by atoms with van der Waals surface area (Å²) < 4.78 is 0. The van der Waals surface area contributed by atoms with Gasteiger partial charge in [0.25, 0.3) is 0 Å². The third-order valence-corrected chi connectivity index (χ3v) is 4.20. The first-order valence-corrected chi connectivity index (χ1v) is 7.24. The highest BCUT2D eigenvalue weighted by molar-refractivity contribution is 7.07. The van der Waals surface area contributed by atoms with Crippen LogP contribution in [0.2, 0.25) is 0 Å². The predicted octanol–water partition coefficient (Wildman–Crippen LogP) is 2.60. The maximum atomic E-state index is 11.3. The number of hydrogen-bond donors (Lipinski definition) is 2. The molecule has 0 bridgehead atoms. The molecular formula is C14H16N2OS. The Morgan fingerprint density at radius 1 is 1.39 bits per heavy atom. The van der Waals surface area contributed by atoms with Crippen LogP contribution in [-0.4, -0.2) is 4.98 Å². The standard InChI is InChI=1S/C14H16N2OS/c17-14-5-4-11-12(2-1-3-13(11)16-14)15-8-10-6-7-18-9-10/h4-7,9,12,15H,1-3,8H2,(H,16,17). The molecule has 0 radical (unpaired) electrons. The molecule has 1 unspecified atom stereocenters. The van der Waals surface area contributed by atoms with Crippen LogP contribution < -0.4 is 10.9 Å². The van der Waals surface area contributed by atoms with Crippen molar-refractivity contribution in [2.45, 2.75) is 31.8 Å². The van der Waals surface area contributed by atoms with Gasteiger partial charge in [-0.2, -0.15) is 11.3 Å². The second-order valence-corrected chi connectivity index (χ2v) is 5.49. The van der Waals surface area contributed by atoms with Crippen molar-refractivity contribution in [3.63, 3.8) is 0 Å². The van der Waals surface area contributed by atoms with E-state index in [2.05, 4.69) is 27.1 Å². The number of H-pyrrole nitrogens is 1. The van der Waals surface area contributed by atoms with Crippen molar-refractivity contribution in [2.24, 2.45) is 0 Å². The molecule has 0 amide bonds. The van der Waals surface area contributed by atoms with Crippen LogP contribution in [0.5, 0.6) is 0 Å². The highest BCUT2D eigenvalue weighted by Crippen LogP contribution is 2.27. The topological polar surface area (TPSA) is 44.9 Å². The maximum Gasteiger partial charge on any atom is 0.248 e. The molecule has 0 fully saturated rings. The second kappa shape index (κ2) is 5.08. The van der Waals surface area contributed by atoms with E-state index in [1.165, 1.54) is 11.1 Å². The van der Waals surface area contributed by atoms with Crippen molar-refractivity contribution in [1.82, 2.24) is 10.3 Å². The van der Waals surface area contributed by atoms with Crippen molar-refractivity contribution >= 4 is 11.3 Å². The van der Waals surface area contributed by atoms with Gasteiger partial charge in [-0.25, -0.2) is 0 Å². The number of fused-ring (bicyclic) bond motifs is 1. The van der Waals surface area contributed by atoms with Gasteiger partial charge in [0, 0.05) is 24.3 Å². The fraction of sp³-hybridized carbons (Fsp3) is 0.357. The molecule has 1 aliphatic carbocycles. The summed E-state index contributed by atoms with van der Waals surface area (Å²) in [7, 11) is 0. The van der Waals surface area contributed by atoms with Gasteiger partial charge in [-0.3, -0.25) is 4.79 Å². The zero-order chi connectivity index (χ0) is 12.4. The van der Waals surface area contributed by atoms with Crippen LogP contribution >= 0.6 is 11.3 Å². The van der Waals surface area contributed by atoms with E-state index < -0.39 is 0 Å². The average Bonchev–Trinajstić information content (AvgIpc) is 2.89. The van der Waals surface area contributed by atoms with Crippen molar-refractivity contribution in [3.05, 3.63) is 56.1 Å². The largest absolute Gasteiger partial charge is 0.326 e. The summed E-state index contributed by atoms with van der Waals surface area (Å²) >= 11 is 1.73. The van der Waals surface area contributed by atoms with Gasteiger partial charge in [-0.1, -0.05) is 6.07 Å². The highest BCUT2D eigenvalue weighted by Gasteiger charge is 2.20. The molecule has 0 saturated heterocycles. The van der Waals surface area contributed by atoms with E-state index in [1.54, 1.807) is 17.4 Å². The fourth-order valence-electron chi connectivity index (χ4n) is 2.55. The Morgan fingerprint density at radius 2 is 2.33 bits per heavy atom. The van der Waals surface area contributed by atoms with Gasteiger partial charge < -0.3 is 10.3 Å². The first-order chi connectivity index (χ1) is 8.83. The van der Waals surface area contributed by atoms with Gasteiger partial charge in [-0.05, 0) is 47.2 Å². The van der Waals surface area contributed by atoms with Gasteiger partial charge >= 0.3 is 0 Å². The van der Waals surface area contributed by atoms with Crippen molar-refractivity contribution in [1.29, 1.82) is 0 Å². The van der Waals surface area contributed by atoms with Crippen LogP contribution in [0.3, 0.4) is 0 Å². The normalized spacial score (nSPS) is 18.6. The smallest absolute Gasteiger partial charge is 0.248 e. The van der Waals surface area contributed by atoms with E-state index in [0.29, 0.717) is 6.04 Å². The number of rotatable bonds is 3. The molecule has 2 aromatic heterocycles. The van der Waals surface area contributed by atoms with Gasteiger partial charge in [0.1, 0.15) is 0 Å². The monoisotopic (exact) mass is 260 g/mol. The molecule has 1 aliphatic rings. The maximum absolute atomic E-state index is 11.3. The summed E-state index contributed by atoms with van der Waals surface area (Å²) in [6.45, 7) is 0.896. The summed E-state index contributed by atoms with van der Waals surface area (Å²) in [6, 6.07) is 6.11. The molecule has 94 valence electrons. The van der Waals surface area contributed by atoms with E-state index in [4.69, 9.17) is 0 Å². The van der Waals surface area contributed by atoms with E-state index in [9.17, 15) is 4.79 Å². The number of aryl methyl sites for hydroxylation is 1. The minimum atomic E-state index is 0.00670. The SMILES string of the molecule is O=c1ccc2c([nH]1)CCCC2NCc1ccsc1. The van der Waals surface area contributed by atoms with Crippen molar-refractivity contribution < 1.29 is 0 Å². The Bertz CT molecular complexity index is 574. The molecule has 0 aliphatic heterocycles. The van der Waals surface area contributed by atoms with Crippen LogP contribution in [0.15, 0.2) is 33.8 Å². The van der Waals surface area contributed by atoms with Crippen LogP contribution in [0.25, 0.3) is 0 Å². The third-order valence-electron chi connectivity index (χ3n) is 3.46. The number of aromatic amines is 1. The van der Waals surface area contributed by atoms with Gasteiger partial charge in [-0.15, -0.1) is 0 Å². The number of thiophene rings is 1. The first-order valence-electron chi connectivity index (χ1n) is 6.29. The Hall–Kier alpha value is -1.39. The summed E-state index contributed by atoms with van der Waals surface area (Å²) in [5.41, 5.74) is 3.71. The molecule has 0 spiro atoms. The quantitative estimate of drug-likeness (QED) is 0.891. The van der Waals surface area contributed by atoms with E-state index in [0.717, 1.165) is 31.5 Å². The number of hydrogen-bond acceptors (Lipinski definition) is 3. The minimum Gasteiger partial charge on any atom is -0.326 e. The predicted molar refractivity (Wildman–Crippen MR) is 73.9 cm³/mol. The van der Waals surface area contributed by atoms with Crippen LogP contribution in [0.4, 0.5) is 0 Å². The number of nitrogens with one attached hydrogen (secondary N) is 2. The summed E-state index contributed by atoms with van der Waals surface area (Å²) in [6.07, 6.45) is 3.26. The molecular weight excluding hydrogens is 244 g/mol. The van der Waals surface area contributed by atoms with Crippen LogP contribution in [-0.2, 0) is 13.0 Å². The third kappa shape index (κ3) is 2.40. The van der Waals surface area contributed by atoms with Gasteiger partial charge in [0.2, 0.25) is 5.56 Å². The molecule has 18 heavy (non-hydrogen) atoms. The van der Waals surface area contributed by atoms with E-state index >= 15 is 0 Å². The molecule has 1 atom stereocenters. The molecule has 2 heterocycles. The van der Waals surface area contributed by atoms with Gasteiger partial charge in [0.15, 0.2) is 0 Å². The average molecular weight is 260 g/mol. The van der Waals surface area contributed by atoms with Crippen LogP contribution in [0, 0.1) is 0 Å². The molecule has 0 aromatic carbocycles. The lowest BCUT2D eigenvalue weighted by Gasteiger charge is -2.25. The number of pyridine rings is 1. The Labute approximate surface area is 110 Å².